The van der Waals surface area contributed by atoms with Gasteiger partial charge in [0.1, 0.15) is 11.5 Å². The van der Waals surface area contributed by atoms with Crippen molar-refractivity contribution in [3.8, 4) is 11.3 Å². The number of hydrogen-bond donors (Lipinski definition) is 1. The molecule has 0 radical (unpaired) electrons. The van der Waals surface area contributed by atoms with Crippen LogP contribution in [0.15, 0.2) is 77.2 Å². The van der Waals surface area contributed by atoms with Gasteiger partial charge in [-0.2, -0.15) is 0 Å². The fraction of sp³-hybridized carbons (Fsp3) is 0.238. The maximum atomic E-state index is 5.92. The van der Waals surface area contributed by atoms with E-state index in [9.17, 15) is 0 Å². The van der Waals surface area contributed by atoms with E-state index in [0.29, 0.717) is 6.04 Å². The monoisotopic (exact) mass is 305 g/mol. The van der Waals surface area contributed by atoms with Gasteiger partial charge in [0.25, 0.3) is 0 Å². The predicted octanol–water partition coefficient (Wildman–Crippen LogP) is 5.06. The van der Waals surface area contributed by atoms with Gasteiger partial charge in [-0.15, -0.1) is 0 Å². The summed E-state index contributed by atoms with van der Waals surface area (Å²) in [6, 6.07) is 25.4. The van der Waals surface area contributed by atoms with E-state index in [1.165, 1.54) is 5.56 Å². The van der Waals surface area contributed by atoms with Gasteiger partial charge in [-0.25, -0.2) is 0 Å². The molecule has 3 rings (SSSR count). The van der Waals surface area contributed by atoms with Crippen LogP contribution in [0.5, 0.6) is 0 Å². The Morgan fingerprint density at radius 1 is 0.870 bits per heavy atom. The Morgan fingerprint density at radius 2 is 1.57 bits per heavy atom. The summed E-state index contributed by atoms with van der Waals surface area (Å²) in [4.78, 5) is 0. The van der Waals surface area contributed by atoms with E-state index in [1.54, 1.807) is 0 Å². The van der Waals surface area contributed by atoms with Crippen molar-refractivity contribution in [1.29, 1.82) is 0 Å². The van der Waals surface area contributed by atoms with E-state index < -0.39 is 0 Å². The molecule has 0 aliphatic rings. The topological polar surface area (TPSA) is 25.2 Å². The average molecular weight is 305 g/mol. The number of rotatable bonds is 7. The molecule has 0 spiro atoms. The summed E-state index contributed by atoms with van der Waals surface area (Å²) in [5.74, 6) is 1.91. The van der Waals surface area contributed by atoms with Crippen LogP contribution >= 0.6 is 0 Å². The lowest BCUT2D eigenvalue weighted by atomic mass is 10.1. The zero-order chi connectivity index (χ0) is 15.9. The Bertz CT molecular complexity index is 703. The van der Waals surface area contributed by atoms with E-state index in [1.807, 2.05) is 24.3 Å². The van der Waals surface area contributed by atoms with Gasteiger partial charge in [0.15, 0.2) is 0 Å². The van der Waals surface area contributed by atoms with Crippen molar-refractivity contribution in [2.24, 2.45) is 0 Å². The molecule has 1 N–H and O–H groups in total. The predicted molar refractivity (Wildman–Crippen MR) is 95.2 cm³/mol. The molecule has 1 aromatic heterocycles. The van der Waals surface area contributed by atoms with E-state index >= 15 is 0 Å². The zero-order valence-electron chi connectivity index (χ0n) is 13.5. The van der Waals surface area contributed by atoms with Crippen LogP contribution in [0.1, 0.15) is 24.7 Å². The third-order valence-corrected chi connectivity index (χ3v) is 4.05. The highest BCUT2D eigenvalue weighted by molar-refractivity contribution is 5.57. The van der Waals surface area contributed by atoms with E-state index in [2.05, 4.69) is 60.8 Å². The van der Waals surface area contributed by atoms with Crippen LogP contribution in [0, 0.1) is 0 Å². The molecule has 0 fully saturated rings. The molecule has 1 heterocycles. The summed E-state index contributed by atoms with van der Waals surface area (Å²) in [6.45, 7) is 2.99. The second kappa shape index (κ2) is 7.80. The summed E-state index contributed by atoms with van der Waals surface area (Å²) in [5.41, 5.74) is 2.52. The molecule has 2 heteroatoms. The lowest BCUT2D eigenvalue weighted by Crippen LogP contribution is -2.25. The quantitative estimate of drug-likeness (QED) is 0.660. The zero-order valence-corrected chi connectivity index (χ0v) is 13.5. The second-order valence-electron chi connectivity index (χ2n) is 5.94. The summed E-state index contributed by atoms with van der Waals surface area (Å²) in [7, 11) is 0. The first-order chi connectivity index (χ1) is 11.3. The van der Waals surface area contributed by atoms with E-state index in [0.717, 1.165) is 36.5 Å². The molecule has 23 heavy (non-hydrogen) atoms. The smallest absolute Gasteiger partial charge is 0.134 e. The molecule has 1 atom stereocenters. The summed E-state index contributed by atoms with van der Waals surface area (Å²) < 4.78 is 5.92. The molecule has 0 aliphatic heterocycles. The normalized spacial score (nSPS) is 12.2. The third-order valence-electron chi connectivity index (χ3n) is 4.05. The fourth-order valence-corrected chi connectivity index (χ4v) is 2.64. The molecule has 2 nitrogen and oxygen atoms in total. The van der Waals surface area contributed by atoms with Crippen LogP contribution < -0.4 is 5.32 Å². The average Bonchev–Trinajstić information content (AvgIpc) is 3.09. The van der Waals surface area contributed by atoms with Gasteiger partial charge in [0.2, 0.25) is 0 Å². The summed E-state index contributed by atoms with van der Waals surface area (Å²) in [5, 5.41) is 3.54. The Morgan fingerprint density at radius 3 is 2.30 bits per heavy atom. The lowest BCUT2D eigenvalue weighted by Gasteiger charge is -2.12. The van der Waals surface area contributed by atoms with Crippen LogP contribution in [0.4, 0.5) is 0 Å². The largest absolute Gasteiger partial charge is 0.460 e. The van der Waals surface area contributed by atoms with Crippen molar-refractivity contribution in [2.45, 2.75) is 32.4 Å². The van der Waals surface area contributed by atoms with Gasteiger partial charge in [0, 0.05) is 11.6 Å². The third kappa shape index (κ3) is 4.57. The molecule has 0 saturated heterocycles. The molecule has 118 valence electrons. The lowest BCUT2D eigenvalue weighted by molar-refractivity contribution is 0.449. The number of furan rings is 1. The Labute approximate surface area is 138 Å². The minimum atomic E-state index is 0.459. The second-order valence-corrected chi connectivity index (χ2v) is 5.94. The Hall–Kier alpha value is -2.32. The standard InChI is InChI=1S/C21H23NO/c1-17(12-13-18-8-4-2-5-9-18)22-16-20-14-15-21(23-20)19-10-6-3-7-11-19/h2-11,14-15,17,22H,12-13,16H2,1H3/t17-/m0/s1. The molecular weight excluding hydrogens is 282 g/mol. The molecular formula is C21H23NO. The molecule has 0 bridgehead atoms. The first kappa shape index (κ1) is 15.6. The number of aryl methyl sites for hydroxylation is 1. The first-order valence-corrected chi connectivity index (χ1v) is 8.23. The first-order valence-electron chi connectivity index (χ1n) is 8.23. The highest BCUT2D eigenvalue weighted by Gasteiger charge is 2.06. The van der Waals surface area contributed by atoms with Gasteiger partial charge in [-0.3, -0.25) is 0 Å². The van der Waals surface area contributed by atoms with E-state index in [4.69, 9.17) is 4.42 Å². The van der Waals surface area contributed by atoms with Crippen LogP contribution in [-0.4, -0.2) is 6.04 Å². The van der Waals surface area contributed by atoms with Crippen LogP contribution in [0.3, 0.4) is 0 Å². The summed E-state index contributed by atoms with van der Waals surface area (Å²) >= 11 is 0. The highest BCUT2D eigenvalue weighted by atomic mass is 16.3. The number of nitrogens with one attached hydrogen (secondary N) is 1. The minimum absolute atomic E-state index is 0.459. The molecule has 0 saturated carbocycles. The minimum Gasteiger partial charge on any atom is -0.460 e. The SMILES string of the molecule is C[C@@H](CCc1ccccc1)NCc1ccc(-c2ccccc2)o1. The number of benzene rings is 2. The van der Waals surface area contributed by atoms with Crippen LogP contribution in [0.2, 0.25) is 0 Å². The van der Waals surface area contributed by atoms with Gasteiger partial charge >= 0.3 is 0 Å². The highest BCUT2D eigenvalue weighted by Crippen LogP contribution is 2.21. The van der Waals surface area contributed by atoms with Crippen molar-refractivity contribution in [3.05, 3.63) is 84.1 Å². The number of hydrogen-bond acceptors (Lipinski definition) is 2. The van der Waals surface area contributed by atoms with Crippen molar-refractivity contribution >= 4 is 0 Å². The van der Waals surface area contributed by atoms with Crippen LogP contribution in [0.25, 0.3) is 11.3 Å². The summed E-state index contributed by atoms with van der Waals surface area (Å²) in [6.07, 6.45) is 2.22. The van der Waals surface area contributed by atoms with Crippen molar-refractivity contribution < 1.29 is 4.42 Å². The maximum Gasteiger partial charge on any atom is 0.134 e. The van der Waals surface area contributed by atoms with Gasteiger partial charge in [-0.1, -0.05) is 60.7 Å². The molecule has 0 aliphatic carbocycles. The Balaban J connectivity index is 1.48. The maximum absolute atomic E-state index is 5.92. The molecule has 0 unspecified atom stereocenters. The molecule has 0 amide bonds. The Kier molecular flexibility index (Phi) is 5.28. The fourth-order valence-electron chi connectivity index (χ4n) is 2.64. The van der Waals surface area contributed by atoms with Crippen molar-refractivity contribution in [2.75, 3.05) is 0 Å². The van der Waals surface area contributed by atoms with Gasteiger partial charge < -0.3 is 9.73 Å². The van der Waals surface area contributed by atoms with Crippen molar-refractivity contribution in [3.63, 3.8) is 0 Å². The van der Waals surface area contributed by atoms with Crippen LogP contribution in [-0.2, 0) is 13.0 Å². The van der Waals surface area contributed by atoms with Gasteiger partial charge in [-0.05, 0) is 37.5 Å². The van der Waals surface area contributed by atoms with E-state index in [-0.39, 0.29) is 0 Å². The van der Waals surface area contributed by atoms with Gasteiger partial charge in [0.05, 0.1) is 6.54 Å². The molecule has 2 aromatic carbocycles. The van der Waals surface area contributed by atoms with Crippen molar-refractivity contribution in [1.82, 2.24) is 5.32 Å². The molecule has 3 aromatic rings.